The lowest BCUT2D eigenvalue weighted by Gasteiger charge is -2.18. The molecule has 0 saturated heterocycles. The molecule has 0 spiro atoms. The lowest BCUT2D eigenvalue weighted by Crippen LogP contribution is -2.35. The summed E-state index contributed by atoms with van der Waals surface area (Å²) < 4.78 is 38.7. The van der Waals surface area contributed by atoms with E-state index >= 15 is 0 Å². The second-order valence-electron chi connectivity index (χ2n) is 6.13. The zero-order chi connectivity index (χ0) is 21.9. The highest BCUT2D eigenvalue weighted by Crippen LogP contribution is 2.36. The Bertz CT molecular complexity index is 979. The van der Waals surface area contributed by atoms with Crippen LogP contribution in [-0.4, -0.2) is 35.2 Å². The molecule has 2 rings (SSSR count). The van der Waals surface area contributed by atoms with Crippen molar-refractivity contribution >= 4 is 34.8 Å². The average Bonchev–Trinajstić information content (AvgIpc) is 2.61. The third kappa shape index (κ3) is 5.23. The van der Waals surface area contributed by atoms with Crippen LogP contribution in [0.1, 0.15) is 21.5 Å². The molecule has 0 atom stereocenters. The Morgan fingerprint density at radius 2 is 1.90 bits per heavy atom. The predicted molar refractivity (Wildman–Crippen MR) is 99.9 cm³/mol. The van der Waals surface area contributed by atoms with Crippen LogP contribution in [0.3, 0.4) is 0 Å². The molecule has 2 aromatic rings. The fourth-order valence-electron chi connectivity index (χ4n) is 2.59. The van der Waals surface area contributed by atoms with Crippen molar-refractivity contribution < 1.29 is 27.7 Å². The molecule has 0 aliphatic heterocycles. The minimum atomic E-state index is -4.70. The normalized spacial score (nSPS) is 11.1. The van der Waals surface area contributed by atoms with Crippen LogP contribution in [-0.2, 0) is 11.0 Å². The molecule has 1 N–H and O–H groups in total. The molecule has 7 nitrogen and oxygen atoms in total. The van der Waals surface area contributed by atoms with Gasteiger partial charge in [0.05, 0.1) is 22.1 Å². The number of aryl methyl sites for hydroxylation is 1. The van der Waals surface area contributed by atoms with Crippen molar-refractivity contribution in [2.45, 2.75) is 13.1 Å². The topological polar surface area (TPSA) is 92.6 Å². The number of para-hydroxylation sites is 1. The Labute approximate surface area is 168 Å². The van der Waals surface area contributed by atoms with E-state index in [9.17, 15) is 32.9 Å². The minimum absolute atomic E-state index is 0.158. The zero-order valence-electron chi connectivity index (χ0n) is 15.2. The number of rotatable bonds is 5. The second-order valence-corrected chi connectivity index (χ2v) is 6.54. The van der Waals surface area contributed by atoms with Crippen molar-refractivity contribution in [3.63, 3.8) is 0 Å². The fraction of sp³-hybridized carbons (Fsp3) is 0.222. The number of benzene rings is 2. The van der Waals surface area contributed by atoms with Crippen LogP contribution in [0.25, 0.3) is 0 Å². The quantitative estimate of drug-likeness (QED) is 0.567. The number of nitro groups is 1. The molecule has 0 heterocycles. The molecule has 11 heteroatoms. The van der Waals surface area contributed by atoms with E-state index in [0.29, 0.717) is 6.07 Å². The number of anilines is 1. The molecule has 0 aromatic heterocycles. The third-order valence-electron chi connectivity index (χ3n) is 3.93. The van der Waals surface area contributed by atoms with E-state index in [1.807, 2.05) is 0 Å². The molecule has 0 saturated carbocycles. The molecule has 2 aromatic carbocycles. The molecule has 2 amide bonds. The van der Waals surface area contributed by atoms with E-state index in [1.54, 1.807) is 0 Å². The summed E-state index contributed by atoms with van der Waals surface area (Å²) in [6.07, 6.45) is -4.70. The van der Waals surface area contributed by atoms with Crippen LogP contribution in [0.5, 0.6) is 0 Å². The number of hydrogen-bond donors (Lipinski definition) is 1. The van der Waals surface area contributed by atoms with Crippen LogP contribution in [0.15, 0.2) is 36.4 Å². The summed E-state index contributed by atoms with van der Waals surface area (Å²) in [5, 5.41) is 12.9. The highest BCUT2D eigenvalue weighted by molar-refractivity contribution is 6.31. The third-order valence-corrected chi connectivity index (χ3v) is 4.26. The molecule has 0 fully saturated rings. The van der Waals surface area contributed by atoms with Crippen molar-refractivity contribution in [1.82, 2.24) is 4.90 Å². The van der Waals surface area contributed by atoms with Gasteiger partial charge in [-0.1, -0.05) is 23.7 Å². The van der Waals surface area contributed by atoms with Crippen molar-refractivity contribution in [2.75, 3.05) is 18.9 Å². The first-order valence-electron chi connectivity index (χ1n) is 8.08. The predicted octanol–water partition coefficient (Wildman–Crippen LogP) is 4.29. The molecule has 29 heavy (non-hydrogen) atoms. The Balaban J connectivity index is 2.15. The summed E-state index contributed by atoms with van der Waals surface area (Å²) in [5.41, 5.74) is -1.57. The first-order valence-corrected chi connectivity index (χ1v) is 8.45. The SMILES string of the molecule is Cc1cccc(C(=O)N(C)CC(=O)Nc2ccc(Cl)c(C(F)(F)F)c2)c1[N+](=O)[O-]. The Kier molecular flexibility index (Phi) is 6.48. The number of nitrogens with one attached hydrogen (secondary N) is 1. The van der Waals surface area contributed by atoms with E-state index in [-0.39, 0.29) is 22.5 Å². The number of alkyl halides is 3. The Morgan fingerprint density at radius 3 is 2.48 bits per heavy atom. The monoisotopic (exact) mass is 429 g/mol. The summed E-state index contributed by atoms with van der Waals surface area (Å²) in [6.45, 7) is 0.939. The number of amides is 2. The van der Waals surface area contributed by atoms with E-state index in [1.165, 1.54) is 38.2 Å². The van der Waals surface area contributed by atoms with Gasteiger partial charge in [0.25, 0.3) is 11.6 Å². The highest BCUT2D eigenvalue weighted by atomic mass is 35.5. The first-order chi connectivity index (χ1) is 13.4. The molecular formula is C18H15ClF3N3O4. The van der Waals surface area contributed by atoms with Crippen LogP contribution < -0.4 is 5.32 Å². The maximum atomic E-state index is 12.9. The van der Waals surface area contributed by atoms with Crippen LogP contribution in [0.4, 0.5) is 24.5 Å². The van der Waals surface area contributed by atoms with Gasteiger partial charge in [-0.15, -0.1) is 0 Å². The smallest absolute Gasteiger partial charge is 0.332 e. The van der Waals surface area contributed by atoms with E-state index in [0.717, 1.165) is 11.0 Å². The molecule has 0 aliphatic carbocycles. The molecule has 0 radical (unpaired) electrons. The lowest BCUT2D eigenvalue weighted by molar-refractivity contribution is -0.385. The minimum Gasteiger partial charge on any atom is -0.332 e. The van der Waals surface area contributed by atoms with Gasteiger partial charge in [0.15, 0.2) is 0 Å². The van der Waals surface area contributed by atoms with Crippen molar-refractivity contribution in [2.24, 2.45) is 0 Å². The maximum Gasteiger partial charge on any atom is 0.417 e. The fourth-order valence-corrected chi connectivity index (χ4v) is 2.81. The molecule has 0 aliphatic rings. The van der Waals surface area contributed by atoms with Gasteiger partial charge in [0.2, 0.25) is 5.91 Å². The van der Waals surface area contributed by atoms with Gasteiger partial charge < -0.3 is 10.2 Å². The molecule has 154 valence electrons. The largest absolute Gasteiger partial charge is 0.417 e. The number of nitro benzene ring substituents is 1. The van der Waals surface area contributed by atoms with Crippen LogP contribution >= 0.6 is 11.6 Å². The molecule has 0 unspecified atom stereocenters. The molecular weight excluding hydrogens is 415 g/mol. The van der Waals surface area contributed by atoms with Crippen molar-refractivity contribution in [3.8, 4) is 0 Å². The highest BCUT2D eigenvalue weighted by Gasteiger charge is 2.33. The number of halogens is 4. The number of likely N-dealkylation sites (N-methyl/N-ethyl adjacent to an activating group) is 1. The van der Waals surface area contributed by atoms with E-state index < -0.39 is 40.0 Å². The van der Waals surface area contributed by atoms with E-state index in [4.69, 9.17) is 11.6 Å². The maximum absolute atomic E-state index is 12.9. The number of nitrogens with zero attached hydrogens (tertiary/aromatic N) is 2. The van der Waals surface area contributed by atoms with Crippen molar-refractivity contribution in [1.29, 1.82) is 0 Å². The first kappa shape index (κ1) is 22.2. The van der Waals surface area contributed by atoms with Gasteiger partial charge in [-0.2, -0.15) is 13.2 Å². The van der Waals surface area contributed by atoms with Crippen LogP contribution in [0.2, 0.25) is 5.02 Å². The Hall–Kier alpha value is -3.14. The van der Waals surface area contributed by atoms with Gasteiger partial charge >= 0.3 is 6.18 Å². The van der Waals surface area contributed by atoms with Gasteiger partial charge in [-0.05, 0) is 31.2 Å². The van der Waals surface area contributed by atoms with Gasteiger partial charge in [0.1, 0.15) is 5.56 Å². The van der Waals surface area contributed by atoms with Crippen molar-refractivity contribution in [3.05, 3.63) is 68.2 Å². The lowest BCUT2D eigenvalue weighted by atomic mass is 10.1. The summed E-state index contributed by atoms with van der Waals surface area (Å²) in [4.78, 5) is 36.1. The zero-order valence-corrected chi connectivity index (χ0v) is 16.0. The summed E-state index contributed by atoms with van der Waals surface area (Å²) in [7, 11) is 1.25. The summed E-state index contributed by atoms with van der Waals surface area (Å²) in [5.74, 6) is -1.56. The average molecular weight is 430 g/mol. The molecule has 0 bridgehead atoms. The van der Waals surface area contributed by atoms with Gasteiger partial charge in [-0.25, -0.2) is 0 Å². The van der Waals surface area contributed by atoms with Gasteiger partial charge in [0, 0.05) is 18.3 Å². The Morgan fingerprint density at radius 1 is 1.24 bits per heavy atom. The van der Waals surface area contributed by atoms with Crippen LogP contribution in [0, 0.1) is 17.0 Å². The number of hydrogen-bond acceptors (Lipinski definition) is 4. The number of carbonyl (C=O) groups excluding carboxylic acids is 2. The number of carbonyl (C=O) groups is 2. The standard InChI is InChI=1S/C18H15ClF3N3O4/c1-10-4-3-5-12(16(10)25(28)29)17(27)24(2)9-15(26)23-11-6-7-14(19)13(8-11)18(20,21)22/h3-8H,9H2,1-2H3,(H,23,26). The summed E-state index contributed by atoms with van der Waals surface area (Å²) >= 11 is 5.52. The van der Waals surface area contributed by atoms with Gasteiger partial charge in [-0.3, -0.25) is 19.7 Å². The summed E-state index contributed by atoms with van der Waals surface area (Å²) in [6, 6.07) is 7.05. The second kappa shape index (κ2) is 8.48. The van der Waals surface area contributed by atoms with E-state index in [2.05, 4.69) is 5.32 Å².